The Morgan fingerprint density at radius 1 is 1.89 bits per heavy atom. The second kappa shape index (κ2) is 2.44. The van der Waals surface area contributed by atoms with Crippen LogP contribution in [0.4, 0.5) is 0 Å². The Labute approximate surface area is 54.2 Å². The van der Waals surface area contributed by atoms with Gasteiger partial charge in [-0.15, -0.1) is 6.58 Å². The fraction of sp³-hybridized carbons (Fsp3) is 0.400. The van der Waals surface area contributed by atoms with Gasteiger partial charge in [-0.3, -0.25) is 0 Å². The second-order valence-corrected chi connectivity index (χ2v) is 1.79. The van der Waals surface area contributed by atoms with E-state index in [1.807, 2.05) is 0 Å². The van der Waals surface area contributed by atoms with E-state index in [0.29, 0.717) is 6.67 Å². The molecule has 2 N–H and O–H groups in total. The number of hydrazine groups is 1. The van der Waals surface area contributed by atoms with Crippen molar-refractivity contribution < 1.29 is 0 Å². The third kappa shape index (κ3) is 1.38. The molecule has 0 unspecified atom stereocenters. The predicted octanol–water partition coefficient (Wildman–Crippen LogP) is -0.558. The average Bonchev–Trinajstić information content (AvgIpc) is 2.17. The first-order valence-corrected chi connectivity index (χ1v) is 2.67. The topological polar surface area (TPSA) is 44.9 Å². The normalized spacial score (nSPS) is 16.1. The standard InChI is InChI=1S/C5H9N4/c1-2-3-9-5-8(6)4-7-9/h2H,1,3,5-6H2/q+1. The summed E-state index contributed by atoms with van der Waals surface area (Å²) in [4.78, 5) is 0. The SMILES string of the molecule is C=CCN1CN(N)[C+]=N1. The van der Waals surface area contributed by atoms with Gasteiger partial charge in [-0.1, -0.05) is 11.1 Å². The summed E-state index contributed by atoms with van der Waals surface area (Å²) in [5.74, 6) is 5.31. The lowest BCUT2D eigenvalue weighted by Gasteiger charge is -2.03. The Bertz CT molecular complexity index is 131. The van der Waals surface area contributed by atoms with Crippen LogP contribution >= 0.6 is 0 Å². The van der Waals surface area contributed by atoms with Crippen LogP contribution in [0.1, 0.15) is 0 Å². The summed E-state index contributed by atoms with van der Waals surface area (Å²) in [6, 6.07) is 0. The molecule has 1 rings (SSSR count). The first-order valence-electron chi connectivity index (χ1n) is 2.67. The molecular formula is C5H9N4+. The Morgan fingerprint density at radius 3 is 3.11 bits per heavy atom. The predicted molar refractivity (Wildman–Crippen MR) is 35.2 cm³/mol. The second-order valence-electron chi connectivity index (χ2n) is 1.79. The molecule has 0 aromatic carbocycles. The van der Waals surface area contributed by atoms with Crippen molar-refractivity contribution in [3.05, 3.63) is 12.7 Å². The monoisotopic (exact) mass is 125 g/mol. The van der Waals surface area contributed by atoms with E-state index in [1.165, 1.54) is 5.01 Å². The number of hydrogen-bond acceptors (Lipinski definition) is 4. The number of rotatable bonds is 2. The van der Waals surface area contributed by atoms with E-state index in [0.717, 1.165) is 6.54 Å². The molecule has 48 valence electrons. The van der Waals surface area contributed by atoms with E-state index in [4.69, 9.17) is 5.84 Å². The quantitative estimate of drug-likeness (QED) is 0.306. The molecule has 0 aromatic rings. The lowest BCUT2D eigenvalue weighted by molar-refractivity contribution is 0.259. The number of hydrazone groups is 1. The summed E-state index contributed by atoms with van der Waals surface area (Å²) in [7, 11) is 0. The van der Waals surface area contributed by atoms with E-state index in [2.05, 4.69) is 18.0 Å². The Balaban J connectivity index is 2.31. The molecule has 0 amide bonds. The zero-order valence-corrected chi connectivity index (χ0v) is 5.12. The highest BCUT2D eigenvalue weighted by molar-refractivity contribution is 5.54. The van der Waals surface area contributed by atoms with E-state index in [-0.39, 0.29) is 0 Å². The molecule has 1 aliphatic heterocycles. The van der Waals surface area contributed by atoms with Crippen LogP contribution in [0.25, 0.3) is 0 Å². The maximum atomic E-state index is 5.31. The van der Waals surface area contributed by atoms with E-state index >= 15 is 0 Å². The Hall–Kier alpha value is -1.12. The van der Waals surface area contributed by atoms with Gasteiger partial charge in [0.05, 0.1) is 6.54 Å². The maximum Gasteiger partial charge on any atom is 0.561 e. The first kappa shape index (κ1) is 6.01. The van der Waals surface area contributed by atoms with Crippen LogP contribution in [0.2, 0.25) is 0 Å². The first-order chi connectivity index (χ1) is 4.33. The van der Waals surface area contributed by atoms with E-state index < -0.39 is 0 Å². The minimum Gasteiger partial charge on any atom is -0.219 e. The molecule has 0 aliphatic carbocycles. The number of hydrogen-bond donors (Lipinski definition) is 1. The molecule has 9 heavy (non-hydrogen) atoms. The number of nitrogens with zero attached hydrogens (tertiary/aromatic N) is 3. The van der Waals surface area contributed by atoms with Crippen LogP contribution in [0, 0.1) is 0 Å². The lowest BCUT2D eigenvalue weighted by atomic mass is 10.6. The van der Waals surface area contributed by atoms with Gasteiger partial charge in [-0.05, 0) is 0 Å². The van der Waals surface area contributed by atoms with Crippen molar-refractivity contribution in [2.45, 2.75) is 0 Å². The van der Waals surface area contributed by atoms with E-state index in [9.17, 15) is 0 Å². The smallest absolute Gasteiger partial charge is 0.219 e. The van der Waals surface area contributed by atoms with Crippen LogP contribution in [-0.4, -0.2) is 29.6 Å². The molecule has 0 aromatic heterocycles. The molecule has 1 aliphatic rings. The zero-order chi connectivity index (χ0) is 6.69. The maximum absolute atomic E-state index is 5.31. The van der Waals surface area contributed by atoms with Gasteiger partial charge < -0.3 is 0 Å². The van der Waals surface area contributed by atoms with Gasteiger partial charge in [-0.2, -0.15) is 0 Å². The third-order valence-electron chi connectivity index (χ3n) is 0.970. The summed E-state index contributed by atoms with van der Waals surface area (Å²) in [6.07, 6.45) is 4.34. The molecule has 0 spiro atoms. The highest BCUT2D eigenvalue weighted by atomic mass is 15.6. The molecule has 0 saturated carbocycles. The van der Waals surface area contributed by atoms with E-state index in [1.54, 1.807) is 11.1 Å². The minimum atomic E-state index is 0.603. The van der Waals surface area contributed by atoms with Crippen molar-refractivity contribution >= 4 is 6.34 Å². The summed E-state index contributed by atoms with van der Waals surface area (Å²) < 4.78 is 0. The lowest BCUT2D eigenvalue weighted by Crippen LogP contribution is -2.32. The summed E-state index contributed by atoms with van der Waals surface area (Å²) in [5.41, 5.74) is 0. The molecule has 0 bridgehead atoms. The van der Waals surface area contributed by atoms with Gasteiger partial charge in [0.2, 0.25) is 0 Å². The van der Waals surface area contributed by atoms with Crippen molar-refractivity contribution in [3.8, 4) is 0 Å². The fourth-order valence-electron chi connectivity index (χ4n) is 0.607. The van der Waals surface area contributed by atoms with Gasteiger partial charge in [0.15, 0.2) is 6.67 Å². The molecule has 0 fully saturated rings. The number of nitrogens with two attached hydrogens (primary N) is 1. The molecular weight excluding hydrogens is 116 g/mol. The highest BCUT2D eigenvalue weighted by Gasteiger charge is 2.22. The van der Waals surface area contributed by atoms with Crippen LogP contribution in [0.3, 0.4) is 0 Å². The van der Waals surface area contributed by atoms with Crippen molar-refractivity contribution in [1.82, 2.24) is 10.0 Å². The highest BCUT2D eigenvalue weighted by Crippen LogP contribution is 1.95. The Morgan fingerprint density at radius 2 is 2.67 bits per heavy atom. The van der Waals surface area contributed by atoms with Crippen LogP contribution < -0.4 is 5.84 Å². The van der Waals surface area contributed by atoms with Crippen molar-refractivity contribution in [2.75, 3.05) is 13.2 Å². The minimum absolute atomic E-state index is 0.603. The zero-order valence-electron chi connectivity index (χ0n) is 5.12. The van der Waals surface area contributed by atoms with Crippen molar-refractivity contribution in [3.63, 3.8) is 0 Å². The molecule has 4 heteroatoms. The average molecular weight is 125 g/mol. The van der Waals surface area contributed by atoms with Crippen molar-refractivity contribution in [1.29, 1.82) is 0 Å². The van der Waals surface area contributed by atoms with Crippen molar-refractivity contribution in [2.24, 2.45) is 10.9 Å². The van der Waals surface area contributed by atoms with Gasteiger partial charge >= 0.3 is 6.34 Å². The molecule has 4 nitrogen and oxygen atoms in total. The largest absolute Gasteiger partial charge is 0.561 e. The van der Waals surface area contributed by atoms with Gasteiger partial charge in [0, 0.05) is 0 Å². The summed E-state index contributed by atoms with van der Waals surface area (Å²) in [6.45, 7) is 4.89. The molecule has 0 saturated heterocycles. The van der Waals surface area contributed by atoms with Gasteiger partial charge in [0.1, 0.15) is 5.10 Å². The molecule has 0 radical (unpaired) electrons. The van der Waals surface area contributed by atoms with Crippen LogP contribution in [0.15, 0.2) is 17.8 Å². The van der Waals surface area contributed by atoms with Gasteiger partial charge in [0.25, 0.3) is 0 Å². The summed E-state index contributed by atoms with van der Waals surface area (Å²) in [5, 5.41) is 6.97. The summed E-state index contributed by atoms with van der Waals surface area (Å²) >= 11 is 0. The fourth-order valence-corrected chi connectivity index (χ4v) is 0.607. The third-order valence-corrected chi connectivity index (χ3v) is 0.970. The van der Waals surface area contributed by atoms with Crippen LogP contribution in [-0.2, 0) is 0 Å². The van der Waals surface area contributed by atoms with Gasteiger partial charge in [-0.25, -0.2) is 10.9 Å². The Kier molecular flexibility index (Phi) is 1.63. The molecule has 1 heterocycles. The molecule has 0 atom stereocenters. The van der Waals surface area contributed by atoms with Crippen LogP contribution in [0.5, 0.6) is 0 Å².